The number of benzene rings is 1. The summed E-state index contributed by atoms with van der Waals surface area (Å²) in [5.41, 5.74) is -0.252. The fraction of sp³-hybridized carbons (Fsp3) is 0. The highest BCUT2D eigenvalue weighted by molar-refractivity contribution is 6.03. The minimum Gasteiger partial charge on any atom is -0.315 e. The third-order valence-electron chi connectivity index (χ3n) is 2.22. The molecule has 0 unspecified atom stereocenters. The third kappa shape index (κ3) is 2.52. The van der Waals surface area contributed by atoms with Gasteiger partial charge in [-0.2, -0.15) is 20.7 Å². The number of nitriles is 1. The Morgan fingerprint density at radius 1 is 1.53 bits per heavy atom. The average Bonchev–Trinajstić information content (AvgIpc) is 2.92. The molecule has 2 rings (SSSR count). The molecule has 0 atom stereocenters. The maximum absolute atomic E-state index is 11.7. The van der Waals surface area contributed by atoms with Crippen molar-refractivity contribution in [3.63, 3.8) is 0 Å². The zero-order valence-electron chi connectivity index (χ0n) is 9.32. The Balaban J connectivity index is 2.33. The van der Waals surface area contributed by atoms with Crippen molar-refractivity contribution in [1.82, 2.24) is 15.4 Å². The van der Waals surface area contributed by atoms with Crippen LogP contribution >= 0.6 is 0 Å². The number of anilines is 1. The lowest BCUT2D eigenvalue weighted by Gasteiger charge is -2.04. The molecule has 0 spiro atoms. The lowest BCUT2D eigenvalue weighted by Crippen LogP contribution is -2.13. The van der Waals surface area contributed by atoms with Crippen LogP contribution in [0.5, 0.6) is 0 Å². The summed E-state index contributed by atoms with van der Waals surface area (Å²) in [6.45, 7) is 0. The van der Waals surface area contributed by atoms with E-state index >= 15 is 0 Å². The van der Waals surface area contributed by atoms with Crippen molar-refractivity contribution < 1.29 is 9.72 Å². The first-order chi connectivity index (χ1) is 9.11. The molecule has 0 fully saturated rings. The summed E-state index contributed by atoms with van der Waals surface area (Å²) in [4.78, 5) is 21.9. The summed E-state index contributed by atoms with van der Waals surface area (Å²) in [7, 11) is 0. The van der Waals surface area contributed by atoms with Crippen LogP contribution in [0.15, 0.2) is 24.4 Å². The van der Waals surface area contributed by atoms with E-state index in [1.54, 1.807) is 6.07 Å². The number of amides is 1. The van der Waals surface area contributed by atoms with Gasteiger partial charge in [0.05, 0.1) is 22.8 Å². The largest absolute Gasteiger partial charge is 0.315 e. The summed E-state index contributed by atoms with van der Waals surface area (Å²) in [5.74, 6) is -0.637. The van der Waals surface area contributed by atoms with Gasteiger partial charge in [0.1, 0.15) is 5.69 Å². The normalized spacial score (nSPS) is 9.63. The number of nitrogens with one attached hydrogen (secondary N) is 2. The Hall–Kier alpha value is -3.28. The van der Waals surface area contributed by atoms with Crippen molar-refractivity contribution in [1.29, 1.82) is 5.26 Å². The molecule has 0 aliphatic rings. The van der Waals surface area contributed by atoms with Gasteiger partial charge in [0.15, 0.2) is 5.69 Å². The summed E-state index contributed by atoms with van der Waals surface area (Å²) in [6, 6.07) is 5.52. The molecule has 0 aliphatic heterocycles. The van der Waals surface area contributed by atoms with E-state index in [0.717, 1.165) is 6.07 Å². The van der Waals surface area contributed by atoms with Crippen LogP contribution < -0.4 is 5.32 Å². The molecule has 0 bridgehead atoms. The number of hydrogen-bond acceptors (Lipinski definition) is 6. The monoisotopic (exact) mass is 258 g/mol. The van der Waals surface area contributed by atoms with Crippen LogP contribution in [-0.2, 0) is 0 Å². The number of nitro groups is 1. The van der Waals surface area contributed by atoms with E-state index < -0.39 is 10.8 Å². The maximum atomic E-state index is 11.7. The van der Waals surface area contributed by atoms with Gasteiger partial charge in [0.2, 0.25) is 0 Å². The predicted octanol–water partition coefficient (Wildman–Crippen LogP) is 0.837. The van der Waals surface area contributed by atoms with E-state index in [-0.39, 0.29) is 22.6 Å². The number of rotatable bonds is 3. The standard InChI is InChI=1S/C10H6N6O3/c11-4-6-1-2-7(9(3-6)16(18)19)13-10(17)8-5-12-15-14-8/h1-3,5H,(H,13,17)(H,12,14,15). The zero-order valence-corrected chi connectivity index (χ0v) is 9.32. The van der Waals surface area contributed by atoms with E-state index in [0.29, 0.717) is 0 Å². The Morgan fingerprint density at radius 2 is 2.32 bits per heavy atom. The predicted molar refractivity (Wildman–Crippen MR) is 62.1 cm³/mol. The summed E-state index contributed by atoms with van der Waals surface area (Å²) < 4.78 is 0. The highest BCUT2D eigenvalue weighted by Gasteiger charge is 2.18. The van der Waals surface area contributed by atoms with Crippen LogP contribution in [0.3, 0.4) is 0 Å². The second kappa shape index (κ2) is 4.92. The quantitative estimate of drug-likeness (QED) is 0.617. The number of hydrogen-bond donors (Lipinski definition) is 2. The molecule has 1 amide bonds. The Bertz CT molecular complexity index is 673. The van der Waals surface area contributed by atoms with Crippen LogP contribution in [0.4, 0.5) is 11.4 Å². The minimum atomic E-state index is -0.681. The molecule has 2 N–H and O–H groups in total. The van der Waals surface area contributed by atoms with Gasteiger partial charge in [0.25, 0.3) is 11.6 Å². The molecule has 0 saturated heterocycles. The van der Waals surface area contributed by atoms with Gasteiger partial charge < -0.3 is 5.32 Å². The Morgan fingerprint density at radius 3 is 2.89 bits per heavy atom. The number of nitrogens with zero attached hydrogens (tertiary/aromatic N) is 4. The van der Waals surface area contributed by atoms with E-state index in [9.17, 15) is 14.9 Å². The van der Waals surface area contributed by atoms with Crippen molar-refractivity contribution in [3.8, 4) is 6.07 Å². The fourth-order valence-corrected chi connectivity index (χ4v) is 1.36. The van der Waals surface area contributed by atoms with Crippen LogP contribution in [0.2, 0.25) is 0 Å². The van der Waals surface area contributed by atoms with E-state index in [4.69, 9.17) is 5.26 Å². The second-order valence-corrected chi connectivity index (χ2v) is 3.41. The van der Waals surface area contributed by atoms with Crippen LogP contribution in [0.25, 0.3) is 0 Å². The number of nitro benzene ring substituents is 1. The molecule has 1 aromatic carbocycles. The second-order valence-electron chi connectivity index (χ2n) is 3.41. The number of aromatic amines is 1. The highest BCUT2D eigenvalue weighted by Crippen LogP contribution is 2.25. The Labute approximate surface area is 106 Å². The third-order valence-corrected chi connectivity index (χ3v) is 2.22. The minimum absolute atomic E-state index is 0.00124. The summed E-state index contributed by atoms with van der Waals surface area (Å²) in [6.07, 6.45) is 1.19. The van der Waals surface area contributed by atoms with E-state index in [2.05, 4.69) is 20.7 Å². The molecule has 0 saturated carbocycles. The summed E-state index contributed by atoms with van der Waals surface area (Å²) in [5, 5.41) is 31.1. The SMILES string of the molecule is N#Cc1ccc(NC(=O)c2cn[nH]n2)c([N+](=O)[O-])c1. The molecule has 1 heterocycles. The van der Waals surface area contributed by atoms with Gasteiger partial charge in [0, 0.05) is 6.07 Å². The van der Waals surface area contributed by atoms with Gasteiger partial charge >= 0.3 is 0 Å². The zero-order chi connectivity index (χ0) is 13.8. The van der Waals surface area contributed by atoms with E-state index in [1.807, 2.05) is 0 Å². The molecular weight excluding hydrogens is 252 g/mol. The molecule has 9 heteroatoms. The molecule has 19 heavy (non-hydrogen) atoms. The number of carbonyl (C=O) groups excluding carboxylic acids is 1. The molecule has 1 aromatic heterocycles. The van der Waals surface area contributed by atoms with Crippen molar-refractivity contribution in [2.75, 3.05) is 5.32 Å². The number of aromatic nitrogens is 3. The lowest BCUT2D eigenvalue weighted by molar-refractivity contribution is -0.383. The molecular formula is C10H6N6O3. The van der Waals surface area contributed by atoms with Gasteiger partial charge in [-0.25, -0.2) is 0 Å². The highest BCUT2D eigenvalue weighted by atomic mass is 16.6. The van der Waals surface area contributed by atoms with Crippen molar-refractivity contribution >= 4 is 17.3 Å². The van der Waals surface area contributed by atoms with Crippen LogP contribution in [0, 0.1) is 21.4 Å². The number of H-pyrrole nitrogens is 1. The van der Waals surface area contributed by atoms with Gasteiger partial charge in [-0.3, -0.25) is 14.9 Å². The molecule has 94 valence electrons. The molecule has 0 radical (unpaired) electrons. The first kappa shape index (κ1) is 12.2. The van der Waals surface area contributed by atoms with Crippen molar-refractivity contribution in [2.24, 2.45) is 0 Å². The molecule has 9 nitrogen and oxygen atoms in total. The van der Waals surface area contributed by atoms with Crippen LogP contribution in [-0.4, -0.2) is 26.2 Å². The summed E-state index contributed by atoms with van der Waals surface area (Å²) >= 11 is 0. The smallest absolute Gasteiger partial charge is 0.294 e. The average molecular weight is 258 g/mol. The van der Waals surface area contributed by atoms with Gasteiger partial charge in [-0.1, -0.05) is 0 Å². The first-order valence-electron chi connectivity index (χ1n) is 4.97. The van der Waals surface area contributed by atoms with Crippen molar-refractivity contribution in [2.45, 2.75) is 0 Å². The van der Waals surface area contributed by atoms with Gasteiger partial charge in [-0.15, -0.1) is 0 Å². The molecule has 2 aromatic rings. The van der Waals surface area contributed by atoms with Crippen molar-refractivity contribution in [3.05, 3.63) is 45.8 Å². The number of carbonyl (C=O) groups is 1. The van der Waals surface area contributed by atoms with Gasteiger partial charge in [-0.05, 0) is 12.1 Å². The first-order valence-corrected chi connectivity index (χ1v) is 4.97. The fourth-order valence-electron chi connectivity index (χ4n) is 1.36. The Kier molecular flexibility index (Phi) is 3.16. The maximum Gasteiger partial charge on any atom is 0.294 e. The van der Waals surface area contributed by atoms with Crippen LogP contribution in [0.1, 0.15) is 16.1 Å². The molecule has 0 aliphatic carbocycles. The topological polar surface area (TPSA) is 138 Å². The lowest BCUT2D eigenvalue weighted by atomic mass is 10.2. The van der Waals surface area contributed by atoms with E-state index in [1.165, 1.54) is 18.3 Å².